The van der Waals surface area contributed by atoms with Crippen molar-refractivity contribution >= 4 is 17.5 Å². The van der Waals surface area contributed by atoms with Crippen LogP contribution in [-0.2, 0) is 9.59 Å². The predicted molar refractivity (Wildman–Crippen MR) is 77.3 cm³/mol. The van der Waals surface area contributed by atoms with Gasteiger partial charge in [0.05, 0.1) is 6.54 Å². The fourth-order valence-corrected chi connectivity index (χ4v) is 1.44. The molecule has 3 N–H and O–H groups in total. The van der Waals surface area contributed by atoms with Crippen LogP contribution in [0.25, 0.3) is 0 Å². The quantitative estimate of drug-likeness (QED) is 0.717. The summed E-state index contributed by atoms with van der Waals surface area (Å²) in [4.78, 5) is 24.6. The van der Waals surface area contributed by atoms with Crippen molar-refractivity contribution in [3.05, 3.63) is 24.3 Å². The minimum absolute atomic E-state index is 0.0317. The first-order valence-electron chi connectivity index (χ1n) is 6.52. The third-order valence-corrected chi connectivity index (χ3v) is 2.62. The number of nitrogens with zero attached hydrogens (tertiary/aromatic N) is 1. The molecule has 2 amide bonds. The smallest absolute Gasteiger partial charge is 0.260 e. The van der Waals surface area contributed by atoms with Crippen molar-refractivity contribution in [3.8, 4) is 5.75 Å². The Bertz CT molecular complexity index is 445. The number of anilines is 1. The van der Waals surface area contributed by atoms with Gasteiger partial charge in [0.2, 0.25) is 5.91 Å². The Balaban J connectivity index is 2.34. The Morgan fingerprint density at radius 1 is 1.30 bits per heavy atom. The molecule has 6 heteroatoms. The van der Waals surface area contributed by atoms with Crippen LogP contribution < -0.4 is 15.8 Å². The summed E-state index contributed by atoms with van der Waals surface area (Å²) in [5.41, 5.74) is 6.18. The van der Waals surface area contributed by atoms with Gasteiger partial charge in [0, 0.05) is 19.3 Å². The van der Waals surface area contributed by atoms with Crippen LogP contribution in [0.3, 0.4) is 0 Å². The van der Waals surface area contributed by atoms with Crippen LogP contribution in [-0.4, -0.2) is 43.5 Å². The van der Waals surface area contributed by atoms with Gasteiger partial charge in [-0.2, -0.15) is 0 Å². The first-order valence-corrected chi connectivity index (χ1v) is 6.52. The summed E-state index contributed by atoms with van der Waals surface area (Å²) in [6.45, 7) is 2.50. The lowest BCUT2D eigenvalue weighted by Gasteiger charge is -2.17. The summed E-state index contributed by atoms with van der Waals surface area (Å²) >= 11 is 0. The molecule has 0 aliphatic rings. The molecule has 6 nitrogen and oxygen atoms in total. The Labute approximate surface area is 118 Å². The van der Waals surface area contributed by atoms with Crippen LogP contribution in [0.4, 0.5) is 5.69 Å². The van der Waals surface area contributed by atoms with Crippen LogP contribution in [0, 0.1) is 0 Å². The highest BCUT2D eigenvalue weighted by atomic mass is 16.5. The summed E-state index contributed by atoms with van der Waals surface area (Å²) < 4.78 is 5.33. The first kappa shape index (κ1) is 15.8. The fraction of sp³-hybridized carbons (Fsp3) is 0.429. The van der Waals surface area contributed by atoms with Gasteiger partial charge in [-0.05, 0) is 30.7 Å². The highest BCUT2D eigenvalue weighted by Gasteiger charge is 2.13. The summed E-state index contributed by atoms with van der Waals surface area (Å²) in [5.74, 6) is 0.139. The molecule has 1 aromatic carbocycles. The van der Waals surface area contributed by atoms with E-state index in [1.165, 1.54) is 4.90 Å². The maximum Gasteiger partial charge on any atom is 0.260 e. The SMILES string of the molecule is CCCNC(=O)CN(C)C(=O)COc1ccc(N)cc1. The zero-order valence-corrected chi connectivity index (χ0v) is 11.9. The number of nitrogen functional groups attached to an aromatic ring is 1. The predicted octanol–water partition coefficient (Wildman–Crippen LogP) is 0.632. The Kier molecular flexibility index (Phi) is 6.36. The molecule has 110 valence electrons. The standard InChI is InChI=1S/C14H21N3O3/c1-3-8-16-13(18)9-17(2)14(19)10-20-12-6-4-11(15)5-7-12/h4-7H,3,8-10,15H2,1-2H3,(H,16,18). The van der Waals surface area contributed by atoms with Gasteiger partial charge in [-0.15, -0.1) is 0 Å². The molecule has 0 unspecified atom stereocenters. The van der Waals surface area contributed by atoms with E-state index in [0.717, 1.165) is 6.42 Å². The number of likely N-dealkylation sites (N-methyl/N-ethyl adjacent to an activating group) is 1. The number of hydrogen-bond donors (Lipinski definition) is 2. The number of benzene rings is 1. The lowest BCUT2D eigenvalue weighted by molar-refractivity contribution is -0.136. The van der Waals surface area contributed by atoms with E-state index in [1.54, 1.807) is 31.3 Å². The van der Waals surface area contributed by atoms with Crippen molar-refractivity contribution in [2.75, 3.05) is 32.5 Å². The molecule has 0 aliphatic heterocycles. The molecule has 1 aromatic rings. The Morgan fingerprint density at radius 2 is 1.95 bits per heavy atom. The maximum absolute atomic E-state index is 11.8. The zero-order chi connectivity index (χ0) is 15.0. The van der Waals surface area contributed by atoms with Crippen molar-refractivity contribution in [2.24, 2.45) is 0 Å². The van der Waals surface area contributed by atoms with E-state index in [4.69, 9.17) is 10.5 Å². The molecule has 0 aromatic heterocycles. The normalized spacial score (nSPS) is 9.90. The second-order valence-electron chi connectivity index (χ2n) is 4.46. The lowest BCUT2D eigenvalue weighted by atomic mass is 10.3. The van der Waals surface area contributed by atoms with E-state index >= 15 is 0 Å². The molecule has 0 heterocycles. The summed E-state index contributed by atoms with van der Waals surface area (Å²) in [6, 6.07) is 6.77. The fourth-order valence-electron chi connectivity index (χ4n) is 1.44. The van der Waals surface area contributed by atoms with E-state index in [1.807, 2.05) is 6.92 Å². The third-order valence-electron chi connectivity index (χ3n) is 2.62. The average Bonchev–Trinajstić information content (AvgIpc) is 2.44. The van der Waals surface area contributed by atoms with Gasteiger partial charge in [-0.25, -0.2) is 0 Å². The topological polar surface area (TPSA) is 84.7 Å². The molecule has 1 rings (SSSR count). The van der Waals surface area contributed by atoms with Crippen LogP contribution in [0.1, 0.15) is 13.3 Å². The second-order valence-corrected chi connectivity index (χ2v) is 4.46. The van der Waals surface area contributed by atoms with Crippen LogP contribution in [0.2, 0.25) is 0 Å². The largest absolute Gasteiger partial charge is 0.484 e. The molecule has 0 aliphatic carbocycles. The van der Waals surface area contributed by atoms with Crippen LogP contribution in [0.15, 0.2) is 24.3 Å². The van der Waals surface area contributed by atoms with Crippen LogP contribution in [0.5, 0.6) is 5.75 Å². The average molecular weight is 279 g/mol. The number of nitrogens with two attached hydrogens (primary N) is 1. The second kappa shape index (κ2) is 8.04. The molecule has 0 saturated heterocycles. The van der Waals surface area contributed by atoms with Crippen LogP contribution >= 0.6 is 0 Å². The van der Waals surface area contributed by atoms with E-state index < -0.39 is 0 Å². The molecule has 0 atom stereocenters. The summed E-state index contributed by atoms with van der Waals surface area (Å²) in [6.07, 6.45) is 0.865. The van der Waals surface area contributed by atoms with Gasteiger partial charge in [0.25, 0.3) is 5.91 Å². The molecule has 0 radical (unpaired) electrons. The minimum Gasteiger partial charge on any atom is -0.484 e. The Hall–Kier alpha value is -2.24. The van der Waals surface area contributed by atoms with Crippen molar-refractivity contribution in [3.63, 3.8) is 0 Å². The minimum atomic E-state index is -0.256. The maximum atomic E-state index is 11.8. The molecule has 0 fully saturated rings. The van der Waals surface area contributed by atoms with Gasteiger partial charge in [0.1, 0.15) is 5.75 Å². The van der Waals surface area contributed by atoms with Crippen molar-refractivity contribution < 1.29 is 14.3 Å². The number of nitrogens with one attached hydrogen (secondary N) is 1. The van der Waals surface area contributed by atoms with Crippen molar-refractivity contribution in [2.45, 2.75) is 13.3 Å². The van der Waals surface area contributed by atoms with Gasteiger partial charge < -0.3 is 20.7 Å². The number of carbonyl (C=O) groups is 2. The van der Waals surface area contributed by atoms with Gasteiger partial charge in [-0.3, -0.25) is 9.59 Å². The number of hydrogen-bond acceptors (Lipinski definition) is 4. The number of ether oxygens (including phenoxy) is 1. The van der Waals surface area contributed by atoms with Crippen molar-refractivity contribution in [1.82, 2.24) is 10.2 Å². The summed E-state index contributed by atoms with van der Waals surface area (Å²) in [5, 5.41) is 2.71. The van der Waals surface area contributed by atoms with Gasteiger partial charge in [-0.1, -0.05) is 6.92 Å². The van der Waals surface area contributed by atoms with Gasteiger partial charge >= 0.3 is 0 Å². The van der Waals surface area contributed by atoms with E-state index in [0.29, 0.717) is 18.0 Å². The van der Waals surface area contributed by atoms with Crippen molar-refractivity contribution in [1.29, 1.82) is 0 Å². The highest BCUT2D eigenvalue weighted by Crippen LogP contribution is 2.12. The zero-order valence-electron chi connectivity index (χ0n) is 11.9. The first-order chi connectivity index (χ1) is 9.52. The van der Waals surface area contributed by atoms with E-state index in [9.17, 15) is 9.59 Å². The molecule has 0 saturated carbocycles. The summed E-state index contributed by atoms with van der Waals surface area (Å²) in [7, 11) is 1.57. The molecule has 0 spiro atoms. The van der Waals surface area contributed by atoms with Gasteiger partial charge in [0.15, 0.2) is 6.61 Å². The van der Waals surface area contributed by atoms with E-state index in [2.05, 4.69) is 5.32 Å². The number of amides is 2. The van der Waals surface area contributed by atoms with E-state index in [-0.39, 0.29) is 25.0 Å². The third kappa shape index (κ3) is 5.60. The molecule has 0 bridgehead atoms. The monoisotopic (exact) mass is 279 g/mol. The molecular weight excluding hydrogens is 258 g/mol. The molecule has 20 heavy (non-hydrogen) atoms. The molecular formula is C14H21N3O3. The number of carbonyl (C=O) groups excluding carboxylic acids is 2. The number of rotatable bonds is 7. The Morgan fingerprint density at radius 3 is 2.55 bits per heavy atom. The highest BCUT2D eigenvalue weighted by molar-refractivity contribution is 5.85. The lowest BCUT2D eigenvalue weighted by Crippen LogP contribution is -2.40.